The summed E-state index contributed by atoms with van der Waals surface area (Å²) in [6, 6.07) is 3.21. The number of carbonyl (C=O) groups is 4. The Kier molecular flexibility index (Phi) is 9.94. The Bertz CT molecular complexity index is 732. The second kappa shape index (κ2) is 11.9. The topological polar surface area (TPSA) is 140 Å². The monoisotopic (exact) mass is 421 g/mol. The van der Waals surface area contributed by atoms with Gasteiger partial charge in [-0.05, 0) is 43.7 Å². The molecule has 1 aliphatic heterocycles. The summed E-state index contributed by atoms with van der Waals surface area (Å²) in [5.41, 5.74) is 4.41. The predicted octanol–water partition coefficient (Wildman–Crippen LogP) is 2.18. The van der Waals surface area contributed by atoms with Crippen molar-refractivity contribution in [1.29, 1.82) is 0 Å². The van der Waals surface area contributed by atoms with E-state index in [0.29, 0.717) is 38.8 Å². The van der Waals surface area contributed by atoms with Crippen LogP contribution >= 0.6 is 0 Å². The van der Waals surface area contributed by atoms with E-state index in [1.807, 2.05) is 19.1 Å². The summed E-state index contributed by atoms with van der Waals surface area (Å²) in [6.45, 7) is 6.12. The van der Waals surface area contributed by atoms with Crippen LogP contribution in [0.3, 0.4) is 0 Å². The summed E-state index contributed by atoms with van der Waals surface area (Å²) in [4.78, 5) is 51.6. The summed E-state index contributed by atoms with van der Waals surface area (Å²) >= 11 is 0. The number of Topliss-reactive ketones (excluding diaryl/α,β-unsaturated/α-hetero) is 1. The lowest BCUT2D eigenvalue weighted by atomic mass is 9.84. The number of amides is 2. The maximum absolute atomic E-state index is 12.5. The van der Waals surface area contributed by atoms with Crippen molar-refractivity contribution < 1.29 is 29.0 Å². The lowest BCUT2D eigenvalue weighted by Gasteiger charge is -2.27. The Morgan fingerprint density at radius 3 is 2.57 bits per heavy atom. The summed E-state index contributed by atoms with van der Waals surface area (Å²) in [6.07, 6.45) is 5.48. The Balaban J connectivity index is 0.00000103. The first-order chi connectivity index (χ1) is 14.1. The number of nitrogens with zero attached hydrogens (tertiary/aromatic N) is 2. The van der Waals surface area contributed by atoms with Crippen LogP contribution in [0.2, 0.25) is 0 Å². The summed E-state index contributed by atoms with van der Waals surface area (Å²) < 4.78 is 5.36. The average molecular weight is 421 g/mol. The molecule has 3 N–H and O–H groups in total. The maximum atomic E-state index is 12.5. The Morgan fingerprint density at radius 2 is 2.00 bits per heavy atom. The van der Waals surface area contributed by atoms with Crippen LogP contribution in [0.4, 0.5) is 4.79 Å². The van der Waals surface area contributed by atoms with Gasteiger partial charge in [0.1, 0.15) is 6.04 Å². The number of carbonyl (C=O) groups excluding carboxylic acids is 3. The van der Waals surface area contributed by atoms with Crippen LogP contribution in [0.5, 0.6) is 0 Å². The summed E-state index contributed by atoms with van der Waals surface area (Å²) in [5, 5.41) is 7.19. The molecule has 1 fully saturated rings. The van der Waals surface area contributed by atoms with Crippen molar-refractivity contribution in [3.63, 3.8) is 0 Å². The molecule has 0 radical (unpaired) electrons. The molecule has 166 valence electrons. The van der Waals surface area contributed by atoms with Crippen LogP contribution in [0, 0.1) is 5.41 Å². The summed E-state index contributed by atoms with van der Waals surface area (Å²) in [7, 11) is 0. The van der Waals surface area contributed by atoms with Gasteiger partial charge in [-0.25, -0.2) is 9.59 Å². The smallest absolute Gasteiger partial charge is 0.402 e. The summed E-state index contributed by atoms with van der Waals surface area (Å²) in [5.74, 6) is -1.41. The molecule has 2 amide bonds. The van der Waals surface area contributed by atoms with Gasteiger partial charge >= 0.3 is 12.1 Å². The fourth-order valence-corrected chi connectivity index (χ4v) is 2.93. The van der Waals surface area contributed by atoms with Gasteiger partial charge in [-0.1, -0.05) is 26.8 Å². The van der Waals surface area contributed by atoms with E-state index in [1.54, 1.807) is 26.2 Å². The van der Waals surface area contributed by atoms with Crippen LogP contribution < -0.4 is 5.73 Å². The molecule has 1 atom stereocenters. The highest BCUT2D eigenvalue weighted by atomic mass is 16.5. The van der Waals surface area contributed by atoms with Crippen molar-refractivity contribution in [3.8, 4) is 0 Å². The Labute approximate surface area is 176 Å². The van der Waals surface area contributed by atoms with Crippen molar-refractivity contribution in [3.05, 3.63) is 30.1 Å². The van der Waals surface area contributed by atoms with Crippen LogP contribution in [0.1, 0.15) is 52.0 Å². The van der Waals surface area contributed by atoms with Gasteiger partial charge in [-0.3, -0.25) is 14.6 Å². The molecule has 1 unspecified atom stereocenters. The first-order valence-corrected chi connectivity index (χ1v) is 9.99. The molecule has 1 aromatic heterocycles. The third-order valence-corrected chi connectivity index (χ3v) is 5.06. The SMILES string of the molecule is CCC(C)(C)C(=O)C(=O)N1CCCC1C(=O)OCCCc1cccnc1.NC(=O)O. The van der Waals surface area contributed by atoms with E-state index in [2.05, 4.69) is 10.7 Å². The molecule has 2 heterocycles. The number of pyridine rings is 1. The van der Waals surface area contributed by atoms with E-state index < -0.39 is 35.2 Å². The number of nitrogens with two attached hydrogens (primary N) is 1. The van der Waals surface area contributed by atoms with Crippen LogP contribution in [0.15, 0.2) is 24.5 Å². The van der Waals surface area contributed by atoms with Gasteiger partial charge < -0.3 is 20.5 Å². The molecule has 1 saturated heterocycles. The highest BCUT2D eigenvalue weighted by Gasteiger charge is 2.41. The number of primary amides is 1. The van der Waals surface area contributed by atoms with Crippen molar-refractivity contribution in [1.82, 2.24) is 9.88 Å². The van der Waals surface area contributed by atoms with Gasteiger partial charge in [-0.2, -0.15) is 0 Å². The predicted molar refractivity (Wildman–Crippen MR) is 110 cm³/mol. The zero-order valence-electron chi connectivity index (χ0n) is 17.8. The number of rotatable bonds is 8. The molecular weight excluding hydrogens is 390 g/mol. The second-order valence-corrected chi connectivity index (χ2v) is 7.69. The molecule has 9 nitrogen and oxygen atoms in total. The molecule has 1 aromatic rings. The van der Waals surface area contributed by atoms with Crippen molar-refractivity contribution in [2.24, 2.45) is 11.1 Å². The second-order valence-electron chi connectivity index (χ2n) is 7.69. The number of ether oxygens (including phenoxy) is 1. The molecule has 0 aromatic carbocycles. The quantitative estimate of drug-likeness (QED) is 0.372. The highest BCUT2D eigenvalue weighted by molar-refractivity contribution is 6.38. The van der Waals surface area contributed by atoms with Gasteiger partial charge in [0.2, 0.25) is 5.78 Å². The number of carboxylic acid groups (broad SMARTS) is 1. The van der Waals surface area contributed by atoms with Crippen molar-refractivity contribution in [2.45, 2.75) is 58.9 Å². The Morgan fingerprint density at radius 1 is 1.33 bits per heavy atom. The molecule has 2 rings (SSSR count). The van der Waals surface area contributed by atoms with Crippen LogP contribution in [-0.4, -0.2) is 57.9 Å². The zero-order chi connectivity index (χ0) is 22.7. The Hall–Kier alpha value is -2.97. The zero-order valence-corrected chi connectivity index (χ0v) is 17.8. The largest absolute Gasteiger partial charge is 0.465 e. The number of likely N-dealkylation sites (tertiary alicyclic amines) is 1. The minimum atomic E-state index is -1.33. The lowest BCUT2D eigenvalue weighted by molar-refractivity contribution is -0.157. The van der Waals surface area contributed by atoms with E-state index in [0.717, 1.165) is 12.0 Å². The van der Waals surface area contributed by atoms with Crippen molar-refractivity contribution >= 4 is 23.8 Å². The maximum Gasteiger partial charge on any atom is 0.402 e. The van der Waals surface area contributed by atoms with E-state index in [4.69, 9.17) is 14.6 Å². The first-order valence-electron chi connectivity index (χ1n) is 9.99. The van der Waals surface area contributed by atoms with Gasteiger partial charge in [-0.15, -0.1) is 0 Å². The van der Waals surface area contributed by atoms with E-state index in [9.17, 15) is 14.4 Å². The van der Waals surface area contributed by atoms with E-state index in [1.165, 1.54) is 4.90 Å². The van der Waals surface area contributed by atoms with Crippen LogP contribution in [0.25, 0.3) is 0 Å². The number of hydrogen-bond donors (Lipinski definition) is 2. The standard InChI is InChI=1S/C20H28N2O4.CH3NO2/c1-4-20(2,3)17(23)18(24)22-12-6-10-16(22)19(25)26-13-7-9-15-8-5-11-21-14-15;2-1(3)4/h5,8,11,14,16H,4,6-7,9-10,12-13H2,1-3H3;2H2,(H,3,4). The molecule has 30 heavy (non-hydrogen) atoms. The molecule has 9 heteroatoms. The van der Waals surface area contributed by atoms with Gasteiger partial charge in [0, 0.05) is 24.4 Å². The molecule has 0 bridgehead atoms. The molecule has 0 saturated carbocycles. The van der Waals surface area contributed by atoms with Gasteiger partial charge in [0.25, 0.3) is 5.91 Å². The fourth-order valence-electron chi connectivity index (χ4n) is 2.93. The first kappa shape index (κ1) is 25.1. The number of aryl methyl sites for hydroxylation is 1. The number of hydrogen-bond acceptors (Lipinski definition) is 6. The van der Waals surface area contributed by atoms with E-state index in [-0.39, 0.29) is 0 Å². The lowest BCUT2D eigenvalue weighted by Crippen LogP contribution is -2.48. The number of esters is 1. The highest BCUT2D eigenvalue weighted by Crippen LogP contribution is 2.26. The normalized spacial score (nSPS) is 15.7. The third-order valence-electron chi connectivity index (χ3n) is 5.06. The average Bonchev–Trinajstić information content (AvgIpc) is 3.20. The minimum absolute atomic E-state index is 0.292. The number of ketones is 1. The molecular formula is C21H31N3O6. The van der Waals surface area contributed by atoms with Gasteiger partial charge in [0.15, 0.2) is 0 Å². The molecule has 0 aliphatic carbocycles. The number of aromatic nitrogens is 1. The third kappa shape index (κ3) is 7.81. The van der Waals surface area contributed by atoms with Gasteiger partial charge in [0.05, 0.1) is 6.61 Å². The minimum Gasteiger partial charge on any atom is -0.465 e. The fraction of sp³-hybridized carbons (Fsp3) is 0.571. The van der Waals surface area contributed by atoms with E-state index >= 15 is 0 Å². The molecule has 1 aliphatic rings. The van der Waals surface area contributed by atoms with Crippen molar-refractivity contribution in [2.75, 3.05) is 13.2 Å². The molecule has 0 spiro atoms. The van der Waals surface area contributed by atoms with Crippen LogP contribution in [-0.2, 0) is 25.5 Å².